The van der Waals surface area contributed by atoms with Crippen LogP contribution in [-0.4, -0.2) is 30.9 Å². The summed E-state index contributed by atoms with van der Waals surface area (Å²) in [6, 6.07) is 4.93. The van der Waals surface area contributed by atoms with Crippen LogP contribution in [0.4, 0.5) is 13.2 Å². The van der Waals surface area contributed by atoms with Crippen LogP contribution in [0.5, 0.6) is 5.75 Å². The highest BCUT2D eigenvalue weighted by Crippen LogP contribution is 2.22. The number of rotatable bonds is 7. The molecule has 0 spiro atoms. The normalized spacial score (nSPS) is 12.7. The Hall–Kier alpha value is -2.51. The molecule has 0 fully saturated rings. The maximum absolute atomic E-state index is 12.0. The first-order chi connectivity index (χ1) is 11.2. The Bertz CT molecular complexity index is 582. The van der Waals surface area contributed by atoms with E-state index in [1.165, 1.54) is 18.2 Å². The summed E-state index contributed by atoms with van der Waals surface area (Å²) >= 11 is 0. The first-order valence-electron chi connectivity index (χ1n) is 7.19. The first-order valence-corrected chi connectivity index (χ1v) is 7.19. The summed E-state index contributed by atoms with van der Waals surface area (Å²) in [5.41, 5.74) is 0.477. The molecular formula is C16H18F3NO4. The minimum atomic E-state index is -4.75. The van der Waals surface area contributed by atoms with Gasteiger partial charge in [0.25, 0.3) is 5.91 Å². The Morgan fingerprint density at radius 1 is 1.25 bits per heavy atom. The molecule has 1 atom stereocenters. The van der Waals surface area contributed by atoms with E-state index in [4.69, 9.17) is 4.74 Å². The van der Waals surface area contributed by atoms with Crippen LogP contribution in [0, 0.1) is 0 Å². The first kappa shape index (κ1) is 19.5. The lowest BCUT2D eigenvalue weighted by atomic mass is 10.2. The minimum Gasteiger partial charge on any atom is -0.452 e. The quantitative estimate of drug-likeness (QED) is 0.609. The van der Waals surface area contributed by atoms with Gasteiger partial charge >= 0.3 is 12.3 Å². The van der Waals surface area contributed by atoms with Gasteiger partial charge in [-0.05, 0) is 37.1 Å². The van der Waals surface area contributed by atoms with E-state index in [1.54, 1.807) is 0 Å². The second-order valence-corrected chi connectivity index (χ2v) is 4.93. The van der Waals surface area contributed by atoms with Gasteiger partial charge in [-0.25, -0.2) is 4.79 Å². The molecule has 1 N–H and O–H groups in total. The Kier molecular flexibility index (Phi) is 7.29. The number of halogens is 3. The highest BCUT2D eigenvalue weighted by atomic mass is 19.4. The van der Waals surface area contributed by atoms with Crippen molar-refractivity contribution in [2.75, 3.05) is 6.61 Å². The zero-order valence-electron chi connectivity index (χ0n) is 13.2. The predicted octanol–water partition coefficient (Wildman–Crippen LogP) is 3.06. The van der Waals surface area contributed by atoms with Crippen LogP contribution in [0.15, 0.2) is 30.3 Å². The SMILES string of the molecule is CC[C@@H](C)NC(=O)COC(=O)/C=C/c1ccc(OC(F)(F)F)cc1. The largest absolute Gasteiger partial charge is 0.573 e. The number of carbonyl (C=O) groups is 2. The van der Waals surface area contributed by atoms with E-state index in [9.17, 15) is 22.8 Å². The molecule has 132 valence electrons. The number of hydrogen-bond donors (Lipinski definition) is 1. The second-order valence-electron chi connectivity index (χ2n) is 4.93. The topological polar surface area (TPSA) is 64.6 Å². The molecule has 1 aromatic carbocycles. The van der Waals surface area contributed by atoms with Gasteiger partial charge in [0.1, 0.15) is 5.75 Å². The smallest absolute Gasteiger partial charge is 0.452 e. The Labute approximate surface area is 137 Å². The molecule has 1 amide bonds. The standard InChI is InChI=1S/C16H18F3NO4/c1-3-11(2)20-14(21)10-23-15(22)9-6-12-4-7-13(8-5-12)24-16(17,18)19/h4-9,11H,3,10H2,1-2H3,(H,20,21)/b9-6+/t11-/m1/s1. The number of esters is 1. The molecule has 0 saturated carbocycles. The number of nitrogens with one attached hydrogen (secondary N) is 1. The third-order valence-electron chi connectivity index (χ3n) is 2.89. The number of benzene rings is 1. The lowest BCUT2D eigenvalue weighted by Crippen LogP contribution is -2.35. The molecule has 0 aliphatic rings. The summed E-state index contributed by atoms with van der Waals surface area (Å²) in [6.45, 7) is 3.34. The van der Waals surface area contributed by atoms with Crippen molar-refractivity contribution < 1.29 is 32.2 Å². The third-order valence-corrected chi connectivity index (χ3v) is 2.89. The molecule has 1 rings (SSSR count). The number of carbonyl (C=O) groups excluding carboxylic acids is 2. The highest BCUT2D eigenvalue weighted by Gasteiger charge is 2.30. The summed E-state index contributed by atoms with van der Waals surface area (Å²) in [4.78, 5) is 22.9. The average Bonchev–Trinajstić information content (AvgIpc) is 2.50. The average molecular weight is 345 g/mol. The summed E-state index contributed by atoms with van der Waals surface area (Å²) in [5, 5.41) is 2.64. The van der Waals surface area contributed by atoms with Crippen LogP contribution < -0.4 is 10.1 Å². The minimum absolute atomic E-state index is 0.0100. The van der Waals surface area contributed by atoms with Crippen LogP contribution in [0.2, 0.25) is 0 Å². The number of hydrogen-bond acceptors (Lipinski definition) is 4. The molecule has 5 nitrogen and oxygen atoms in total. The van der Waals surface area contributed by atoms with Crippen molar-refractivity contribution in [3.05, 3.63) is 35.9 Å². The molecule has 0 bridgehead atoms. The van der Waals surface area contributed by atoms with Crippen LogP contribution in [0.3, 0.4) is 0 Å². The van der Waals surface area contributed by atoms with Crippen molar-refractivity contribution in [3.63, 3.8) is 0 Å². The van der Waals surface area contributed by atoms with E-state index in [2.05, 4.69) is 10.1 Å². The van der Waals surface area contributed by atoms with Gasteiger partial charge in [-0.2, -0.15) is 0 Å². The van der Waals surface area contributed by atoms with Crippen molar-refractivity contribution in [1.82, 2.24) is 5.32 Å². The number of amides is 1. The molecule has 0 aliphatic heterocycles. The van der Waals surface area contributed by atoms with Crippen LogP contribution >= 0.6 is 0 Å². The van der Waals surface area contributed by atoms with Crippen molar-refractivity contribution in [3.8, 4) is 5.75 Å². The fourth-order valence-electron chi connectivity index (χ4n) is 1.55. The van der Waals surface area contributed by atoms with E-state index in [0.29, 0.717) is 5.56 Å². The predicted molar refractivity (Wildman–Crippen MR) is 81.0 cm³/mol. The van der Waals surface area contributed by atoms with Gasteiger partial charge in [0.05, 0.1) is 0 Å². The van der Waals surface area contributed by atoms with Crippen molar-refractivity contribution in [2.24, 2.45) is 0 Å². The van der Waals surface area contributed by atoms with E-state index < -0.39 is 24.8 Å². The maximum atomic E-state index is 12.0. The van der Waals surface area contributed by atoms with E-state index in [-0.39, 0.29) is 11.8 Å². The number of ether oxygens (including phenoxy) is 2. The molecule has 0 unspecified atom stereocenters. The van der Waals surface area contributed by atoms with Gasteiger partial charge in [0.15, 0.2) is 6.61 Å². The third kappa shape index (κ3) is 8.21. The zero-order chi connectivity index (χ0) is 18.2. The van der Waals surface area contributed by atoms with Crippen molar-refractivity contribution in [1.29, 1.82) is 0 Å². The van der Waals surface area contributed by atoms with E-state index >= 15 is 0 Å². The van der Waals surface area contributed by atoms with Crippen LogP contribution in [-0.2, 0) is 14.3 Å². The second kappa shape index (κ2) is 8.95. The fraction of sp³-hybridized carbons (Fsp3) is 0.375. The molecule has 0 aliphatic carbocycles. The van der Waals surface area contributed by atoms with Gasteiger partial charge in [-0.3, -0.25) is 4.79 Å². The molecule has 0 saturated heterocycles. The maximum Gasteiger partial charge on any atom is 0.573 e. The zero-order valence-corrected chi connectivity index (χ0v) is 13.2. The van der Waals surface area contributed by atoms with Crippen LogP contribution in [0.1, 0.15) is 25.8 Å². The van der Waals surface area contributed by atoms with E-state index in [1.807, 2.05) is 13.8 Å². The van der Waals surface area contributed by atoms with Gasteiger partial charge in [-0.1, -0.05) is 19.1 Å². The molecule has 0 aromatic heterocycles. The molecule has 0 heterocycles. The summed E-state index contributed by atoms with van der Waals surface area (Å²) in [6.07, 6.45) is -1.56. The Morgan fingerprint density at radius 2 is 1.88 bits per heavy atom. The van der Waals surface area contributed by atoms with E-state index in [0.717, 1.165) is 24.6 Å². The fourth-order valence-corrected chi connectivity index (χ4v) is 1.55. The lowest BCUT2D eigenvalue weighted by molar-refractivity contribution is -0.274. The van der Waals surface area contributed by atoms with Crippen LogP contribution in [0.25, 0.3) is 6.08 Å². The molecule has 0 radical (unpaired) electrons. The number of alkyl halides is 3. The summed E-state index contributed by atoms with van der Waals surface area (Å²) in [7, 11) is 0. The van der Waals surface area contributed by atoms with Gasteiger partial charge < -0.3 is 14.8 Å². The summed E-state index contributed by atoms with van der Waals surface area (Å²) in [5.74, 6) is -1.49. The van der Waals surface area contributed by atoms with Gasteiger partial charge in [0, 0.05) is 12.1 Å². The van der Waals surface area contributed by atoms with Gasteiger partial charge in [0.2, 0.25) is 0 Å². The Morgan fingerprint density at radius 3 is 2.42 bits per heavy atom. The molecule has 24 heavy (non-hydrogen) atoms. The summed E-state index contributed by atoms with van der Waals surface area (Å²) < 4.78 is 44.5. The lowest BCUT2D eigenvalue weighted by Gasteiger charge is -2.10. The highest BCUT2D eigenvalue weighted by molar-refractivity contribution is 5.89. The molecular weight excluding hydrogens is 327 g/mol. The van der Waals surface area contributed by atoms with Crippen molar-refractivity contribution >= 4 is 18.0 Å². The van der Waals surface area contributed by atoms with Gasteiger partial charge in [-0.15, -0.1) is 13.2 Å². The monoisotopic (exact) mass is 345 g/mol. The molecule has 1 aromatic rings. The van der Waals surface area contributed by atoms with Crippen molar-refractivity contribution in [2.45, 2.75) is 32.7 Å². The molecule has 8 heteroatoms. The Balaban J connectivity index is 2.45.